The fourth-order valence-corrected chi connectivity index (χ4v) is 3.08. The first-order chi connectivity index (χ1) is 12.3. The minimum atomic E-state index is -0.683. The summed E-state index contributed by atoms with van der Waals surface area (Å²) in [6, 6.07) is 13.1. The Labute approximate surface area is 177 Å². The Bertz CT molecular complexity index is 688. The van der Waals surface area contributed by atoms with Gasteiger partial charge in [0, 0.05) is 12.1 Å². The van der Waals surface area contributed by atoms with Gasteiger partial charge in [-0.15, -0.1) is 12.4 Å². The van der Waals surface area contributed by atoms with E-state index in [-0.39, 0.29) is 24.6 Å². The highest BCUT2D eigenvalue weighted by atomic mass is 35.5. The van der Waals surface area contributed by atoms with Gasteiger partial charge in [-0.25, -0.2) is 0 Å². The van der Waals surface area contributed by atoms with Crippen molar-refractivity contribution in [1.82, 2.24) is 5.32 Å². The maximum atomic E-state index is 10.2. The van der Waals surface area contributed by atoms with Crippen LogP contribution < -0.4 is 14.8 Å². The van der Waals surface area contributed by atoms with Gasteiger partial charge in [-0.05, 0) is 50.1 Å². The number of aliphatic hydroxyl groups excluding tert-OH is 1. The van der Waals surface area contributed by atoms with Gasteiger partial charge in [-0.3, -0.25) is 0 Å². The van der Waals surface area contributed by atoms with Crippen molar-refractivity contribution in [1.29, 1.82) is 0 Å². The van der Waals surface area contributed by atoms with Crippen LogP contribution in [0.4, 0.5) is 0 Å². The van der Waals surface area contributed by atoms with Gasteiger partial charge in [0.1, 0.15) is 18.5 Å². The third kappa shape index (κ3) is 7.76. The molecule has 2 N–H and O–H groups in total. The second-order valence-electron chi connectivity index (χ2n) is 6.81. The topological polar surface area (TPSA) is 50.7 Å². The number of hydrogen-bond acceptors (Lipinski definition) is 4. The maximum absolute atomic E-state index is 10.2. The van der Waals surface area contributed by atoms with E-state index in [9.17, 15) is 5.11 Å². The Kier molecular flexibility index (Phi) is 9.71. The van der Waals surface area contributed by atoms with Crippen LogP contribution in [0.2, 0.25) is 10.0 Å². The summed E-state index contributed by atoms with van der Waals surface area (Å²) in [6.45, 7) is 4.69. The molecule has 27 heavy (non-hydrogen) atoms. The van der Waals surface area contributed by atoms with E-state index in [0.717, 1.165) is 12.2 Å². The van der Waals surface area contributed by atoms with Gasteiger partial charge >= 0.3 is 0 Å². The van der Waals surface area contributed by atoms with E-state index in [1.54, 1.807) is 25.3 Å². The highest BCUT2D eigenvalue weighted by Crippen LogP contribution is 2.32. The van der Waals surface area contributed by atoms with Crippen molar-refractivity contribution in [3.63, 3.8) is 0 Å². The van der Waals surface area contributed by atoms with Crippen LogP contribution in [0.25, 0.3) is 0 Å². The molecule has 0 saturated carbocycles. The van der Waals surface area contributed by atoms with Gasteiger partial charge < -0.3 is 19.9 Å². The lowest BCUT2D eigenvalue weighted by Gasteiger charge is -2.28. The number of hydrogen-bond donors (Lipinski definition) is 2. The monoisotopic (exact) mass is 433 g/mol. The van der Waals surface area contributed by atoms with Crippen molar-refractivity contribution in [3.05, 3.63) is 58.1 Å². The van der Waals surface area contributed by atoms with Gasteiger partial charge in [0.2, 0.25) is 0 Å². The van der Waals surface area contributed by atoms with E-state index in [2.05, 4.69) is 19.2 Å². The van der Waals surface area contributed by atoms with Crippen LogP contribution in [0.5, 0.6) is 11.5 Å². The SMILES string of the molecule is COc1ccc(CC(C)(C)NCC(O)COc2c(Cl)cccc2Cl)cc1.Cl. The Morgan fingerprint density at radius 2 is 1.67 bits per heavy atom. The van der Waals surface area contributed by atoms with E-state index in [1.807, 2.05) is 24.3 Å². The lowest BCUT2D eigenvalue weighted by atomic mass is 9.94. The molecule has 0 spiro atoms. The van der Waals surface area contributed by atoms with Crippen molar-refractivity contribution in [3.8, 4) is 11.5 Å². The average Bonchev–Trinajstić information content (AvgIpc) is 2.60. The Balaban J connectivity index is 0.00000364. The van der Waals surface area contributed by atoms with Crippen LogP contribution in [0, 0.1) is 0 Å². The van der Waals surface area contributed by atoms with Gasteiger partial charge in [-0.2, -0.15) is 0 Å². The molecule has 0 aliphatic heterocycles. The molecule has 0 heterocycles. The standard InChI is InChI=1S/C20H25Cl2NO3.ClH/c1-20(2,11-14-7-9-16(25-3)10-8-14)23-12-15(24)13-26-19-17(21)5-4-6-18(19)22;/h4-10,15,23-24H,11-13H2,1-3H3;1H. The van der Waals surface area contributed by atoms with Crippen LogP contribution in [-0.4, -0.2) is 37.0 Å². The van der Waals surface area contributed by atoms with E-state index >= 15 is 0 Å². The van der Waals surface area contributed by atoms with Crippen LogP contribution in [0.15, 0.2) is 42.5 Å². The molecule has 1 unspecified atom stereocenters. The normalized spacial score (nSPS) is 12.2. The van der Waals surface area contributed by atoms with Crippen LogP contribution in [0.3, 0.4) is 0 Å². The minimum absolute atomic E-state index is 0. The molecular formula is C20H26Cl3NO3. The van der Waals surface area contributed by atoms with E-state index in [1.165, 1.54) is 5.56 Å². The molecule has 0 aromatic heterocycles. The number of methoxy groups -OCH3 is 1. The first-order valence-electron chi connectivity index (χ1n) is 8.43. The molecule has 0 fully saturated rings. The lowest BCUT2D eigenvalue weighted by Crippen LogP contribution is -2.46. The summed E-state index contributed by atoms with van der Waals surface area (Å²) in [5.41, 5.74) is 1.01. The fourth-order valence-electron chi connectivity index (χ4n) is 2.57. The summed E-state index contributed by atoms with van der Waals surface area (Å²) >= 11 is 12.1. The summed E-state index contributed by atoms with van der Waals surface area (Å²) < 4.78 is 10.7. The Morgan fingerprint density at radius 3 is 2.22 bits per heavy atom. The zero-order valence-corrected chi connectivity index (χ0v) is 18.0. The Morgan fingerprint density at radius 1 is 1.07 bits per heavy atom. The van der Waals surface area contributed by atoms with E-state index in [4.69, 9.17) is 32.7 Å². The first-order valence-corrected chi connectivity index (χ1v) is 9.19. The summed E-state index contributed by atoms with van der Waals surface area (Å²) in [5.74, 6) is 1.23. The molecule has 2 aromatic carbocycles. The second kappa shape index (κ2) is 11.0. The third-order valence-corrected chi connectivity index (χ3v) is 4.56. The van der Waals surface area contributed by atoms with E-state index < -0.39 is 6.10 Å². The molecule has 150 valence electrons. The van der Waals surface area contributed by atoms with Crippen LogP contribution in [-0.2, 0) is 6.42 Å². The fraction of sp³-hybridized carbons (Fsp3) is 0.400. The average molecular weight is 435 g/mol. The van der Waals surface area contributed by atoms with Gasteiger partial charge in [-0.1, -0.05) is 41.4 Å². The van der Waals surface area contributed by atoms with Crippen molar-refractivity contribution in [2.45, 2.75) is 31.9 Å². The van der Waals surface area contributed by atoms with Gasteiger partial charge in [0.15, 0.2) is 5.75 Å². The molecule has 0 saturated heterocycles. The van der Waals surface area contributed by atoms with Crippen molar-refractivity contribution in [2.24, 2.45) is 0 Å². The quantitative estimate of drug-likeness (QED) is 0.596. The first kappa shape index (κ1) is 23.9. The minimum Gasteiger partial charge on any atom is -0.497 e. The van der Waals surface area contributed by atoms with Gasteiger partial charge in [0.25, 0.3) is 0 Å². The number of aliphatic hydroxyl groups is 1. The zero-order chi connectivity index (χ0) is 19.2. The number of nitrogens with one attached hydrogen (secondary N) is 1. The van der Waals surface area contributed by atoms with Crippen molar-refractivity contribution in [2.75, 3.05) is 20.3 Å². The summed E-state index contributed by atoms with van der Waals surface area (Å²) in [4.78, 5) is 0. The number of halogens is 3. The smallest absolute Gasteiger partial charge is 0.156 e. The molecule has 0 aliphatic carbocycles. The largest absolute Gasteiger partial charge is 0.497 e. The Hall–Kier alpha value is -1.17. The highest BCUT2D eigenvalue weighted by molar-refractivity contribution is 6.37. The predicted octanol–water partition coefficient (Wildman–Crippen LogP) is 4.77. The summed E-state index contributed by atoms with van der Waals surface area (Å²) in [7, 11) is 1.65. The lowest BCUT2D eigenvalue weighted by molar-refractivity contribution is 0.0989. The zero-order valence-electron chi connectivity index (χ0n) is 15.7. The number of para-hydroxylation sites is 1. The molecule has 0 radical (unpaired) electrons. The van der Waals surface area contributed by atoms with Crippen LogP contribution >= 0.6 is 35.6 Å². The number of β-amino-alcohol motifs (C(OH)–C–C–N with tert-alkyl or cyclic N) is 1. The molecule has 0 aliphatic rings. The van der Waals surface area contributed by atoms with Crippen molar-refractivity contribution >= 4 is 35.6 Å². The van der Waals surface area contributed by atoms with Crippen molar-refractivity contribution < 1.29 is 14.6 Å². The second-order valence-corrected chi connectivity index (χ2v) is 7.62. The molecule has 7 heteroatoms. The maximum Gasteiger partial charge on any atom is 0.156 e. The molecular weight excluding hydrogens is 409 g/mol. The van der Waals surface area contributed by atoms with Crippen LogP contribution in [0.1, 0.15) is 19.4 Å². The molecule has 2 rings (SSSR count). The summed E-state index contributed by atoms with van der Waals surface area (Å²) in [5, 5.41) is 14.4. The highest BCUT2D eigenvalue weighted by Gasteiger charge is 2.20. The number of ether oxygens (including phenoxy) is 2. The summed E-state index contributed by atoms with van der Waals surface area (Å²) in [6.07, 6.45) is 0.137. The molecule has 4 nitrogen and oxygen atoms in total. The van der Waals surface area contributed by atoms with E-state index in [0.29, 0.717) is 22.3 Å². The van der Waals surface area contributed by atoms with Gasteiger partial charge in [0.05, 0.1) is 17.2 Å². The predicted molar refractivity (Wildman–Crippen MR) is 114 cm³/mol. The molecule has 0 amide bonds. The third-order valence-electron chi connectivity index (χ3n) is 3.96. The number of benzene rings is 2. The molecule has 1 atom stereocenters. The molecule has 2 aromatic rings. The number of rotatable bonds is 9. The molecule has 0 bridgehead atoms.